The molecule has 0 heterocycles. The normalized spacial score (nSPS) is 15.7. The van der Waals surface area contributed by atoms with Crippen molar-refractivity contribution in [3.63, 3.8) is 0 Å². The van der Waals surface area contributed by atoms with Gasteiger partial charge in [0.2, 0.25) is 0 Å². The Balaban J connectivity index is 4.71. The van der Waals surface area contributed by atoms with Gasteiger partial charge in [0.25, 0.3) is 0 Å². The molecule has 7 heteroatoms. The van der Waals surface area contributed by atoms with Gasteiger partial charge in [0, 0.05) is 0 Å². The van der Waals surface area contributed by atoms with Crippen LogP contribution in [0.2, 0.25) is 0 Å². The van der Waals surface area contributed by atoms with Gasteiger partial charge >= 0.3 is 5.24 Å². The number of halogens is 1. The summed E-state index contributed by atoms with van der Waals surface area (Å²) >= 11 is 0.680. The van der Waals surface area contributed by atoms with Gasteiger partial charge in [-0.15, -0.1) is 0 Å². The van der Waals surface area contributed by atoms with Crippen LogP contribution in [-0.4, -0.2) is 30.2 Å². The average molecular weight is 279 g/mol. The second kappa shape index (κ2) is 7.68. The van der Waals surface area contributed by atoms with Gasteiger partial charge in [-0.05, 0) is 40.5 Å². The first-order chi connectivity index (χ1) is 8.22. The van der Waals surface area contributed by atoms with E-state index in [0.717, 1.165) is 0 Å². The van der Waals surface area contributed by atoms with Gasteiger partial charge < -0.3 is 9.50 Å². The lowest BCUT2D eigenvalue weighted by molar-refractivity contribution is 0.239. The van der Waals surface area contributed by atoms with Crippen LogP contribution in [-0.2, 0) is 4.18 Å². The standard InChI is InChI=1S/C11H22FN3O2S/c1-10(2,3)14-15-11(4,7-6-8-12)13-9(16)18-17-5/h6-8H2,1-5H3,(H,13,16). The Kier molecular flexibility index (Phi) is 7.39. The van der Waals surface area contributed by atoms with Crippen LogP contribution in [0.1, 0.15) is 40.5 Å². The van der Waals surface area contributed by atoms with Crippen molar-refractivity contribution >= 4 is 17.3 Å². The van der Waals surface area contributed by atoms with Crippen LogP contribution >= 0.6 is 12.0 Å². The van der Waals surface area contributed by atoms with Crippen LogP contribution in [0.4, 0.5) is 9.18 Å². The van der Waals surface area contributed by atoms with Gasteiger partial charge in [0.15, 0.2) is 0 Å². The molecule has 0 radical (unpaired) electrons. The molecule has 0 aliphatic rings. The molecule has 0 aromatic carbocycles. The fourth-order valence-corrected chi connectivity index (χ4v) is 1.54. The second-order valence-electron chi connectivity index (χ2n) is 5.10. The topological polar surface area (TPSA) is 63.0 Å². The van der Waals surface area contributed by atoms with Gasteiger partial charge in [-0.2, -0.15) is 10.2 Å². The summed E-state index contributed by atoms with van der Waals surface area (Å²) < 4.78 is 16.9. The quantitative estimate of drug-likeness (QED) is 0.595. The zero-order valence-corrected chi connectivity index (χ0v) is 12.4. The minimum absolute atomic E-state index is 0.317. The minimum atomic E-state index is -0.901. The van der Waals surface area contributed by atoms with Crippen molar-refractivity contribution in [1.82, 2.24) is 5.32 Å². The van der Waals surface area contributed by atoms with E-state index in [9.17, 15) is 9.18 Å². The summed E-state index contributed by atoms with van der Waals surface area (Å²) in [5.41, 5.74) is -1.24. The third kappa shape index (κ3) is 8.41. The van der Waals surface area contributed by atoms with Crippen molar-refractivity contribution in [2.24, 2.45) is 10.2 Å². The maximum Gasteiger partial charge on any atom is 0.308 e. The lowest BCUT2D eigenvalue weighted by Crippen LogP contribution is -2.43. The molecule has 0 spiro atoms. The Morgan fingerprint density at radius 3 is 2.39 bits per heavy atom. The van der Waals surface area contributed by atoms with E-state index in [1.165, 1.54) is 7.11 Å². The van der Waals surface area contributed by atoms with Gasteiger partial charge in [-0.25, -0.2) is 0 Å². The average Bonchev–Trinajstić information content (AvgIpc) is 2.23. The Hall–Kier alpha value is -0.690. The summed E-state index contributed by atoms with van der Waals surface area (Å²) in [7, 11) is 1.40. The lowest BCUT2D eigenvalue weighted by Gasteiger charge is -2.25. The van der Waals surface area contributed by atoms with E-state index in [1.807, 2.05) is 20.8 Å². The molecular weight excluding hydrogens is 257 g/mol. The minimum Gasteiger partial charge on any atom is -0.319 e. The third-order valence-corrected chi connectivity index (χ3v) is 2.32. The van der Waals surface area contributed by atoms with E-state index in [-0.39, 0.29) is 10.8 Å². The first-order valence-electron chi connectivity index (χ1n) is 5.75. The maximum absolute atomic E-state index is 12.3. The number of hydrogen-bond donors (Lipinski definition) is 1. The van der Waals surface area contributed by atoms with Crippen LogP contribution in [0.25, 0.3) is 0 Å². The Bertz CT molecular complexity index is 295. The van der Waals surface area contributed by atoms with E-state index < -0.39 is 12.3 Å². The van der Waals surface area contributed by atoms with Crippen LogP contribution in [0.3, 0.4) is 0 Å². The first kappa shape index (κ1) is 17.3. The van der Waals surface area contributed by atoms with E-state index in [2.05, 4.69) is 19.7 Å². The maximum atomic E-state index is 12.3. The zero-order chi connectivity index (χ0) is 14.2. The number of azo groups is 1. The fourth-order valence-electron chi connectivity index (χ4n) is 1.13. The highest BCUT2D eigenvalue weighted by atomic mass is 32.2. The molecular formula is C11H22FN3O2S. The van der Waals surface area contributed by atoms with Gasteiger partial charge in [0.05, 0.1) is 31.4 Å². The molecule has 0 aliphatic heterocycles. The molecule has 18 heavy (non-hydrogen) atoms. The molecule has 0 aromatic heterocycles. The Labute approximate surface area is 112 Å². The third-order valence-electron chi connectivity index (χ3n) is 1.90. The summed E-state index contributed by atoms with van der Waals surface area (Å²) in [6, 6.07) is 0. The molecule has 0 aromatic rings. The molecule has 106 valence electrons. The number of nitrogens with zero attached hydrogens (tertiary/aromatic N) is 2. The molecule has 0 saturated heterocycles. The Morgan fingerprint density at radius 2 is 1.94 bits per heavy atom. The van der Waals surface area contributed by atoms with E-state index in [1.54, 1.807) is 6.92 Å². The van der Waals surface area contributed by atoms with Crippen molar-refractivity contribution in [2.45, 2.75) is 51.7 Å². The molecule has 1 N–H and O–H groups in total. The zero-order valence-electron chi connectivity index (χ0n) is 11.6. The number of hydrogen-bond acceptors (Lipinski definition) is 5. The molecule has 0 saturated carbocycles. The summed E-state index contributed by atoms with van der Waals surface area (Å²) in [6.07, 6.45) is 0.705. The van der Waals surface area contributed by atoms with Gasteiger partial charge in [0.1, 0.15) is 5.66 Å². The number of carbonyl (C=O) groups is 1. The summed E-state index contributed by atoms with van der Waals surface area (Å²) in [5, 5.41) is 10.6. The van der Waals surface area contributed by atoms with Crippen LogP contribution in [0.15, 0.2) is 10.2 Å². The van der Waals surface area contributed by atoms with Crippen LogP contribution in [0.5, 0.6) is 0 Å². The van der Waals surface area contributed by atoms with E-state index in [0.29, 0.717) is 24.9 Å². The highest BCUT2D eigenvalue weighted by molar-refractivity contribution is 8.09. The van der Waals surface area contributed by atoms with Crippen LogP contribution < -0.4 is 5.32 Å². The van der Waals surface area contributed by atoms with Crippen molar-refractivity contribution in [2.75, 3.05) is 13.8 Å². The number of rotatable bonds is 6. The molecule has 1 atom stereocenters. The Morgan fingerprint density at radius 1 is 1.33 bits per heavy atom. The molecule has 0 rings (SSSR count). The molecule has 0 bridgehead atoms. The van der Waals surface area contributed by atoms with Crippen molar-refractivity contribution < 1.29 is 13.4 Å². The molecule has 5 nitrogen and oxygen atoms in total. The highest BCUT2D eigenvalue weighted by Crippen LogP contribution is 2.20. The monoisotopic (exact) mass is 279 g/mol. The first-order valence-corrected chi connectivity index (χ1v) is 6.49. The van der Waals surface area contributed by atoms with E-state index >= 15 is 0 Å². The second-order valence-corrected chi connectivity index (χ2v) is 5.97. The number of alkyl halides is 1. The molecule has 1 amide bonds. The summed E-state index contributed by atoms with van der Waals surface area (Å²) in [6.45, 7) is 6.97. The summed E-state index contributed by atoms with van der Waals surface area (Å²) in [4.78, 5) is 11.5. The smallest absolute Gasteiger partial charge is 0.308 e. The largest absolute Gasteiger partial charge is 0.319 e. The number of nitrogens with one attached hydrogen (secondary N) is 1. The van der Waals surface area contributed by atoms with Crippen molar-refractivity contribution in [3.8, 4) is 0 Å². The predicted octanol–water partition coefficient (Wildman–Crippen LogP) is 3.71. The number of amides is 1. The van der Waals surface area contributed by atoms with Crippen molar-refractivity contribution in [3.05, 3.63) is 0 Å². The molecule has 0 aliphatic carbocycles. The van der Waals surface area contributed by atoms with Gasteiger partial charge in [-0.1, -0.05) is 0 Å². The fraction of sp³-hybridized carbons (Fsp3) is 0.909. The SMILES string of the molecule is COSC(=O)NC(C)(CCCF)N=NC(C)(C)C. The van der Waals surface area contributed by atoms with Gasteiger partial charge in [-0.3, -0.25) is 9.18 Å². The predicted molar refractivity (Wildman–Crippen MR) is 71.4 cm³/mol. The van der Waals surface area contributed by atoms with Crippen LogP contribution in [0, 0.1) is 0 Å². The lowest BCUT2D eigenvalue weighted by atomic mass is 10.1. The molecule has 0 fully saturated rings. The summed E-state index contributed by atoms with van der Waals surface area (Å²) in [5.74, 6) is 0. The van der Waals surface area contributed by atoms with E-state index in [4.69, 9.17) is 0 Å². The van der Waals surface area contributed by atoms with Crippen molar-refractivity contribution in [1.29, 1.82) is 0 Å². The molecule has 1 unspecified atom stereocenters. The highest BCUT2D eigenvalue weighted by Gasteiger charge is 2.27. The number of carbonyl (C=O) groups excluding carboxylic acids is 1.